The molecule has 0 saturated carbocycles. The van der Waals surface area contributed by atoms with Gasteiger partial charge in [-0.2, -0.15) is 17.7 Å². The van der Waals surface area contributed by atoms with E-state index in [1.807, 2.05) is 0 Å². The first-order chi connectivity index (χ1) is 12.0. The fourth-order valence-corrected chi connectivity index (χ4v) is 2.90. The summed E-state index contributed by atoms with van der Waals surface area (Å²) in [6.07, 6.45) is -4.72. The van der Waals surface area contributed by atoms with Gasteiger partial charge < -0.3 is 0 Å². The number of aromatic amines is 1. The second-order valence-electron chi connectivity index (χ2n) is 6.22. The van der Waals surface area contributed by atoms with Crippen LogP contribution in [0.25, 0.3) is 16.9 Å². The molecule has 0 bridgehead atoms. The minimum atomic E-state index is -4.72. The van der Waals surface area contributed by atoms with E-state index in [2.05, 4.69) is 10.1 Å². The van der Waals surface area contributed by atoms with E-state index in [0.717, 1.165) is 10.6 Å². The zero-order chi connectivity index (χ0) is 19.4. The van der Waals surface area contributed by atoms with E-state index in [-0.39, 0.29) is 17.6 Å². The first kappa shape index (κ1) is 18.1. The predicted molar refractivity (Wildman–Crippen MR) is 85.0 cm³/mol. The summed E-state index contributed by atoms with van der Waals surface area (Å²) in [6, 6.07) is 1.73. The first-order valence-corrected chi connectivity index (χ1v) is 7.70. The second kappa shape index (κ2) is 5.93. The Balaban J connectivity index is 2.26. The van der Waals surface area contributed by atoms with E-state index < -0.39 is 40.2 Å². The molecule has 4 nitrogen and oxygen atoms in total. The van der Waals surface area contributed by atoms with E-state index in [4.69, 9.17) is 0 Å². The van der Waals surface area contributed by atoms with E-state index >= 15 is 0 Å². The average molecular weight is 371 g/mol. The largest absolute Gasteiger partial charge is 0.416 e. The summed E-state index contributed by atoms with van der Waals surface area (Å²) in [5.74, 6) is -2.46. The van der Waals surface area contributed by atoms with E-state index in [0.29, 0.717) is 17.3 Å². The highest BCUT2D eigenvalue weighted by atomic mass is 19.4. The smallest absolute Gasteiger partial charge is 0.286 e. The number of alkyl halides is 3. The number of halogens is 5. The zero-order valence-electron chi connectivity index (χ0n) is 14.0. The van der Waals surface area contributed by atoms with Gasteiger partial charge in [-0.3, -0.25) is 9.89 Å². The van der Waals surface area contributed by atoms with Crippen molar-refractivity contribution in [2.24, 2.45) is 0 Å². The molecule has 0 atom stereocenters. The molecular formula is C17H14F5N3O. The van der Waals surface area contributed by atoms with Crippen LogP contribution in [0.1, 0.15) is 36.6 Å². The van der Waals surface area contributed by atoms with Crippen LogP contribution in [-0.4, -0.2) is 14.6 Å². The Hall–Kier alpha value is -2.71. The van der Waals surface area contributed by atoms with Gasteiger partial charge in [0.2, 0.25) is 0 Å². The topological polar surface area (TPSA) is 50.2 Å². The number of aryl methyl sites for hydroxylation is 1. The van der Waals surface area contributed by atoms with Gasteiger partial charge in [-0.15, -0.1) is 0 Å². The van der Waals surface area contributed by atoms with Crippen molar-refractivity contribution >= 4 is 5.65 Å². The van der Waals surface area contributed by atoms with Crippen molar-refractivity contribution in [1.82, 2.24) is 14.6 Å². The normalized spacial score (nSPS) is 12.3. The van der Waals surface area contributed by atoms with Crippen molar-refractivity contribution in [1.29, 1.82) is 0 Å². The van der Waals surface area contributed by atoms with Crippen molar-refractivity contribution in [2.45, 2.75) is 32.9 Å². The van der Waals surface area contributed by atoms with Crippen molar-refractivity contribution < 1.29 is 22.0 Å². The number of nitrogens with zero attached hydrogens (tertiary/aromatic N) is 2. The maximum Gasteiger partial charge on any atom is 0.416 e. The van der Waals surface area contributed by atoms with Gasteiger partial charge in [0.05, 0.1) is 5.56 Å². The van der Waals surface area contributed by atoms with Crippen molar-refractivity contribution in [2.75, 3.05) is 0 Å². The number of H-pyrrole nitrogens is 1. The summed E-state index contributed by atoms with van der Waals surface area (Å²) in [7, 11) is 0. The number of hydrogen-bond acceptors (Lipinski definition) is 2. The van der Waals surface area contributed by atoms with Crippen molar-refractivity contribution in [3.05, 3.63) is 57.0 Å². The second-order valence-corrected chi connectivity index (χ2v) is 6.22. The molecule has 26 heavy (non-hydrogen) atoms. The molecule has 9 heteroatoms. The minimum Gasteiger partial charge on any atom is -0.286 e. The summed E-state index contributed by atoms with van der Waals surface area (Å²) >= 11 is 0. The number of benzene rings is 1. The third kappa shape index (κ3) is 2.77. The van der Waals surface area contributed by atoms with Crippen LogP contribution in [0.2, 0.25) is 0 Å². The van der Waals surface area contributed by atoms with Gasteiger partial charge in [0, 0.05) is 16.8 Å². The highest BCUT2D eigenvalue weighted by molar-refractivity contribution is 5.66. The van der Waals surface area contributed by atoms with Gasteiger partial charge in [-0.1, -0.05) is 13.8 Å². The number of hydrogen-bond donors (Lipinski definition) is 1. The standard InChI is InChI=1S/C17H14F5N3O/c1-7(2)12-8(3)23-15-13(19)14(24-25(15)16(12)26)10-5-4-9(6-11(10)18)17(20,21)22/h4-7,24H,1-3H3. The fraction of sp³-hybridized carbons (Fsp3) is 0.294. The molecule has 0 fully saturated rings. The van der Waals surface area contributed by atoms with E-state index in [1.165, 1.54) is 0 Å². The molecule has 0 aliphatic heterocycles. The van der Waals surface area contributed by atoms with Crippen molar-refractivity contribution in [3.8, 4) is 11.3 Å². The number of rotatable bonds is 2. The molecule has 0 amide bonds. The summed E-state index contributed by atoms with van der Waals surface area (Å²) in [5.41, 5.74) is -2.24. The summed E-state index contributed by atoms with van der Waals surface area (Å²) in [4.78, 5) is 16.6. The van der Waals surface area contributed by atoms with Crippen LogP contribution >= 0.6 is 0 Å². The fourth-order valence-electron chi connectivity index (χ4n) is 2.90. The number of nitrogens with one attached hydrogen (secondary N) is 1. The Morgan fingerprint density at radius 3 is 2.38 bits per heavy atom. The molecule has 3 rings (SSSR count). The number of fused-ring (bicyclic) bond motifs is 1. The van der Waals surface area contributed by atoms with Crippen LogP contribution in [0.5, 0.6) is 0 Å². The molecule has 0 saturated heterocycles. The zero-order valence-corrected chi connectivity index (χ0v) is 14.0. The maximum absolute atomic E-state index is 14.7. The predicted octanol–water partition coefficient (Wildman–Crippen LogP) is 4.42. The van der Waals surface area contributed by atoms with Crippen LogP contribution in [0, 0.1) is 18.6 Å². The van der Waals surface area contributed by atoms with Crippen LogP contribution < -0.4 is 5.56 Å². The molecule has 2 heterocycles. The lowest BCUT2D eigenvalue weighted by molar-refractivity contribution is -0.137. The Morgan fingerprint density at radius 2 is 1.85 bits per heavy atom. The Bertz CT molecular complexity index is 1060. The van der Waals surface area contributed by atoms with Gasteiger partial charge in [0.25, 0.3) is 5.56 Å². The quantitative estimate of drug-likeness (QED) is 0.678. The van der Waals surface area contributed by atoms with E-state index in [9.17, 15) is 26.7 Å². The molecule has 0 aliphatic rings. The average Bonchev–Trinajstić information content (AvgIpc) is 2.83. The molecule has 2 aromatic heterocycles. The van der Waals surface area contributed by atoms with E-state index in [1.54, 1.807) is 20.8 Å². The van der Waals surface area contributed by atoms with Crippen LogP contribution in [0.15, 0.2) is 23.0 Å². The lowest BCUT2D eigenvalue weighted by Crippen LogP contribution is -2.22. The van der Waals surface area contributed by atoms with Gasteiger partial charge in [0.1, 0.15) is 11.5 Å². The van der Waals surface area contributed by atoms with Crippen LogP contribution in [0.4, 0.5) is 22.0 Å². The summed E-state index contributed by atoms with van der Waals surface area (Å²) < 4.78 is 67.7. The monoisotopic (exact) mass is 371 g/mol. The third-order valence-corrected chi connectivity index (χ3v) is 4.09. The molecule has 0 unspecified atom stereocenters. The van der Waals surface area contributed by atoms with Crippen molar-refractivity contribution in [3.63, 3.8) is 0 Å². The summed E-state index contributed by atoms with van der Waals surface area (Å²) in [5, 5.41) is 2.42. The Labute approximate surface area is 144 Å². The molecular weight excluding hydrogens is 357 g/mol. The molecule has 1 N–H and O–H groups in total. The van der Waals surface area contributed by atoms with Crippen LogP contribution in [-0.2, 0) is 6.18 Å². The lowest BCUT2D eigenvalue weighted by atomic mass is 10.0. The van der Waals surface area contributed by atoms with Gasteiger partial charge >= 0.3 is 6.18 Å². The van der Waals surface area contributed by atoms with Gasteiger partial charge in [-0.05, 0) is 31.0 Å². The lowest BCUT2D eigenvalue weighted by Gasteiger charge is -2.08. The minimum absolute atomic E-state index is 0.176. The molecule has 0 aliphatic carbocycles. The van der Waals surface area contributed by atoms with Gasteiger partial charge in [-0.25, -0.2) is 13.8 Å². The van der Waals surface area contributed by atoms with Crippen LogP contribution in [0.3, 0.4) is 0 Å². The maximum atomic E-state index is 14.7. The highest BCUT2D eigenvalue weighted by Crippen LogP contribution is 2.33. The summed E-state index contributed by atoms with van der Waals surface area (Å²) in [6.45, 7) is 5.10. The molecule has 3 aromatic rings. The highest BCUT2D eigenvalue weighted by Gasteiger charge is 2.32. The third-order valence-electron chi connectivity index (χ3n) is 4.09. The Morgan fingerprint density at radius 1 is 1.19 bits per heavy atom. The van der Waals surface area contributed by atoms with Gasteiger partial charge in [0.15, 0.2) is 11.5 Å². The molecule has 138 valence electrons. The SMILES string of the molecule is Cc1nc2c(F)c(-c3ccc(C(F)(F)F)cc3F)[nH]n2c(=O)c1C(C)C. The molecule has 0 spiro atoms. The molecule has 0 radical (unpaired) electrons. The first-order valence-electron chi connectivity index (χ1n) is 7.70. The Kier molecular flexibility index (Phi) is 4.12. The number of aromatic nitrogens is 3. The molecule has 1 aromatic carbocycles.